The van der Waals surface area contributed by atoms with Gasteiger partial charge in [0.1, 0.15) is 28.7 Å². The first-order valence-electron chi connectivity index (χ1n) is 10.8. The number of aromatic amines is 1. The molecule has 0 radical (unpaired) electrons. The molecular weight excluding hydrogens is 441 g/mol. The second-order valence-electron chi connectivity index (χ2n) is 7.62. The van der Waals surface area contributed by atoms with Crippen molar-refractivity contribution in [2.45, 2.75) is 6.54 Å². The fourth-order valence-corrected chi connectivity index (χ4v) is 3.82. The number of benzene rings is 1. The van der Waals surface area contributed by atoms with Crippen LogP contribution in [-0.4, -0.2) is 65.4 Å². The average molecular weight is 465 g/mol. The molecule has 3 aromatic heterocycles. The van der Waals surface area contributed by atoms with Crippen molar-refractivity contribution >= 4 is 28.5 Å². The lowest BCUT2D eigenvalue weighted by atomic mass is 10.2. The van der Waals surface area contributed by atoms with Gasteiger partial charge in [-0.25, -0.2) is 24.3 Å². The summed E-state index contributed by atoms with van der Waals surface area (Å²) in [7, 11) is 2.93. The molecule has 0 aliphatic carbocycles. The molecule has 1 aliphatic heterocycles. The maximum atomic E-state index is 15.4. The SMILES string of the molecule is COc1cc(OC)c(F)c(N(Cc2ncc[nH]2)c2ccc3ncc(N4CCOCC4)nc3n2)c1. The normalized spacial score (nSPS) is 13.8. The third-order valence-electron chi connectivity index (χ3n) is 5.59. The summed E-state index contributed by atoms with van der Waals surface area (Å²) in [5.41, 5.74) is 1.33. The number of anilines is 3. The van der Waals surface area contributed by atoms with Crippen molar-refractivity contribution < 1.29 is 18.6 Å². The van der Waals surface area contributed by atoms with Crippen LogP contribution in [0.3, 0.4) is 0 Å². The third kappa shape index (κ3) is 4.29. The summed E-state index contributed by atoms with van der Waals surface area (Å²) in [6.07, 6.45) is 5.09. The Morgan fingerprint density at radius 2 is 1.97 bits per heavy atom. The number of morpholine rings is 1. The first kappa shape index (κ1) is 21.8. The highest BCUT2D eigenvalue weighted by atomic mass is 19.1. The van der Waals surface area contributed by atoms with E-state index in [4.69, 9.17) is 24.2 Å². The number of hydrogen-bond donors (Lipinski definition) is 1. The largest absolute Gasteiger partial charge is 0.497 e. The number of fused-ring (bicyclic) bond motifs is 1. The number of methoxy groups -OCH3 is 2. The van der Waals surface area contributed by atoms with E-state index in [-0.39, 0.29) is 18.0 Å². The van der Waals surface area contributed by atoms with Crippen molar-refractivity contribution in [1.29, 1.82) is 0 Å². The van der Waals surface area contributed by atoms with E-state index >= 15 is 4.39 Å². The van der Waals surface area contributed by atoms with Gasteiger partial charge in [0.05, 0.1) is 45.9 Å². The number of halogens is 1. The molecule has 1 saturated heterocycles. The van der Waals surface area contributed by atoms with Gasteiger partial charge in [-0.05, 0) is 12.1 Å². The van der Waals surface area contributed by atoms with Crippen molar-refractivity contribution in [3.8, 4) is 11.5 Å². The van der Waals surface area contributed by atoms with Gasteiger partial charge in [0, 0.05) is 37.6 Å². The van der Waals surface area contributed by atoms with Gasteiger partial charge >= 0.3 is 0 Å². The maximum absolute atomic E-state index is 15.4. The summed E-state index contributed by atoms with van der Waals surface area (Å²) in [4.78, 5) is 25.2. The van der Waals surface area contributed by atoms with E-state index in [9.17, 15) is 0 Å². The van der Waals surface area contributed by atoms with Gasteiger partial charge in [-0.3, -0.25) is 0 Å². The molecule has 4 heterocycles. The van der Waals surface area contributed by atoms with E-state index in [2.05, 4.69) is 19.9 Å². The van der Waals surface area contributed by atoms with Gasteiger partial charge in [-0.1, -0.05) is 0 Å². The first-order valence-corrected chi connectivity index (χ1v) is 10.8. The molecule has 0 unspecified atom stereocenters. The molecule has 10 nitrogen and oxygen atoms in total. The molecule has 4 aromatic rings. The van der Waals surface area contributed by atoms with Crippen molar-refractivity contribution in [2.24, 2.45) is 0 Å². The van der Waals surface area contributed by atoms with E-state index in [1.165, 1.54) is 20.3 Å². The minimum Gasteiger partial charge on any atom is -0.497 e. The average Bonchev–Trinajstić information content (AvgIpc) is 3.41. The van der Waals surface area contributed by atoms with Crippen LogP contribution in [0.4, 0.5) is 21.7 Å². The molecule has 0 bridgehead atoms. The van der Waals surface area contributed by atoms with Crippen molar-refractivity contribution in [1.82, 2.24) is 24.9 Å². The standard InChI is InChI=1S/C23H24FN7O3/c1-32-15-11-17(22(24)18(12-15)33-2)31(14-19-25-5-6-26-19)20-4-3-16-23(28-20)29-21(13-27-16)30-7-9-34-10-8-30/h3-6,11-13H,7-10,14H2,1-2H3,(H,25,26). The molecule has 0 amide bonds. The lowest BCUT2D eigenvalue weighted by molar-refractivity contribution is 0.122. The van der Waals surface area contributed by atoms with E-state index in [0.717, 1.165) is 18.9 Å². The van der Waals surface area contributed by atoms with E-state index in [1.807, 2.05) is 6.07 Å². The number of rotatable bonds is 7. The number of H-pyrrole nitrogens is 1. The summed E-state index contributed by atoms with van der Waals surface area (Å²) >= 11 is 0. The van der Waals surface area contributed by atoms with Gasteiger partial charge in [-0.2, -0.15) is 0 Å². The molecule has 0 atom stereocenters. The van der Waals surface area contributed by atoms with Crippen LogP contribution in [0.25, 0.3) is 11.2 Å². The highest BCUT2D eigenvalue weighted by molar-refractivity contribution is 5.76. The van der Waals surface area contributed by atoms with E-state index in [1.54, 1.807) is 35.6 Å². The summed E-state index contributed by atoms with van der Waals surface area (Å²) in [5, 5.41) is 0. The van der Waals surface area contributed by atoms with Crippen LogP contribution in [-0.2, 0) is 11.3 Å². The lowest BCUT2D eigenvalue weighted by Crippen LogP contribution is -2.36. The molecule has 11 heteroatoms. The Labute approximate surface area is 195 Å². The molecule has 0 saturated carbocycles. The molecule has 1 N–H and O–H groups in total. The van der Waals surface area contributed by atoms with Crippen LogP contribution in [0.2, 0.25) is 0 Å². The second-order valence-corrected chi connectivity index (χ2v) is 7.62. The topological polar surface area (TPSA) is 102 Å². The Kier molecular flexibility index (Phi) is 6.09. The highest BCUT2D eigenvalue weighted by Crippen LogP contribution is 2.37. The van der Waals surface area contributed by atoms with Gasteiger partial charge < -0.3 is 29.0 Å². The number of aromatic nitrogens is 5. The number of nitrogens with one attached hydrogen (secondary N) is 1. The molecule has 1 fully saturated rings. The van der Waals surface area contributed by atoms with Gasteiger partial charge in [0.2, 0.25) is 0 Å². The smallest absolute Gasteiger partial charge is 0.188 e. The number of ether oxygens (including phenoxy) is 3. The third-order valence-corrected chi connectivity index (χ3v) is 5.59. The maximum Gasteiger partial charge on any atom is 0.188 e. The minimum atomic E-state index is -0.537. The molecule has 1 aliphatic rings. The lowest BCUT2D eigenvalue weighted by Gasteiger charge is -2.27. The zero-order chi connectivity index (χ0) is 23.5. The summed E-state index contributed by atoms with van der Waals surface area (Å²) in [6.45, 7) is 2.98. The zero-order valence-corrected chi connectivity index (χ0v) is 18.9. The van der Waals surface area contributed by atoms with Gasteiger partial charge in [-0.15, -0.1) is 0 Å². The number of imidazole rings is 1. The van der Waals surface area contributed by atoms with E-state index < -0.39 is 5.82 Å². The number of pyridine rings is 1. The van der Waals surface area contributed by atoms with Crippen molar-refractivity contribution in [2.75, 3.05) is 50.3 Å². The van der Waals surface area contributed by atoms with Crippen molar-refractivity contribution in [3.63, 3.8) is 0 Å². The van der Waals surface area contributed by atoms with Crippen LogP contribution in [0.1, 0.15) is 5.82 Å². The van der Waals surface area contributed by atoms with Crippen LogP contribution in [0, 0.1) is 5.82 Å². The molecule has 34 heavy (non-hydrogen) atoms. The highest BCUT2D eigenvalue weighted by Gasteiger charge is 2.22. The fourth-order valence-electron chi connectivity index (χ4n) is 3.82. The zero-order valence-electron chi connectivity index (χ0n) is 18.9. The Morgan fingerprint density at radius 1 is 1.12 bits per heavy atom. The summed E-state index contributed by atoms with van der Waals surface area (Å²) < 4.78 is 31.5. The van der Waals surface area contributed by atoms with Gasteiger partial charge in [0.15, 0.2) is 17.2 Å². The Bertz CT molecular complexity index is 1280. The molecule has 176 valence electrons. The molecule has 5 rings (SSSR count). The second kappa shape index (κ2) is 9.48. The summed E-state index contributed by atoms with van der Waals surface area (Å²) in [6, 6.07) is 6.69. The van der Waals surface area contributed by atoms with Crippen LogP contribution in [0.5, 0.6) is 11.5 Å². The fraction of sp³-hybridized carbons (Fsp3) is 0.304. The predicted octanol–water partition coefficient (Wildman–Crippen LogP) is 3.08. The number of hydrogen-bond acceptors (Lipinski definition) is 9. The number of nitrogens with zero attached hydrogens (tertiary/aromatic N) is 6. The van der Waals surface area contributed by atoms with Gasteiger partial charge in [0.25, 0.3) is 0 Å². The monoisotopic (exact) mass is 465 g/mol. The molecule has 1 aromatic carbocycles. The molecular formula is C23H24FN7O3. The Hall–Kier alpha value is -3.99. The van der Waals surface area contributed by atoms with Crippen molar-refractivity contribution in [3.05, 3.63) is 54.5 Å². The van der Waals surface area contributed by atoms with Crippen LogP contribution in [0.15, 0.2) is 42.9 Å². The van der Waals surface area contributed by atoms with Crippen LogP contribution < -0.4 is 19.3 Å². The Morgan fingerprint density at radius 3 is 2.71 bits per heavy atom. The first-order chi connectivity index (χ1) is 16.7. The predicted molar refractivity (Wildman–Crippen MR) is 124 cm³/mol. The minimum absolute atomic E-state index is 0.0639. The molecule has 0 spiro atoms. The Balaban J connectivity index is 1.60. The summed E-state index contributed by atoms with van der Waals surface area (Å²) in [5.74, 6) is 1.82. The quantitative estimate of drug-likeness (QED) is 0.441. The van der Waals surface area contributed by atoms with E-state index in [0.29, 0.717) is 41.8 Å². The van der Waals surface area contributed by atoms with Crippen LogP contribution >= 0.6 is 0 Å².